The van der Waals surface area contributed by atoms with Gasteiger partial charge in [0.2, 0.25) is 0 Å². The van der Waals surface area contributed by atoms with E-state index in [1.54, 1.807) is 5.57 Å². The van der Waals surface area contributed by atoms with Crippen LogP contribution >= 0.6 is 0 Å². The van der Waals surface area contributed by atoms with Gasteiger partial charge in [-0.25, -0.2) is 0 Å². The molecule has 0 spiro atoms. The molecule has 0 aromatic carbocycles. The standard InChI is InChI=1S/C15H20.Ir/c1-2-15(12-8-9-13-15)14-10-6-4-3-5-7-11-14;/h3-4,8-9,11-13H,2,5-7,10H2,1H3;. The summed E-state index contributed by atoms with van der Waals surface area (Å²) in [7, 11) is 0. The number of hydrogen-bond donors (Lipinski definition) is 0. The first-order chi connectivity index (χ1) is 7.37. The average molecular weight is 393 g/mol. The molecule has 16 heavy (non-hydrogen) atoms. The number of allylic oxidation sites excluding steroid dienone is 8. The molecule has 0 aromatic heterocycles. The molecule has 0 nitrogen and oxygen atoms in total. The molecule has 0 amide bonds. The van der Waals surface area contributed by atoms with E-state index in [9.17, 15) is 0 Å². The van der Waals surface area contributed by atoms with E-state index in [-0.39, 0.29) is 25.5 Å². The molecule has 2 aliphatic carbocycles. The Morgan fingerprint density at radius 3 is 2.44 bits per heavy atom. The Morgan fingerprint density at radius 2 is 1.75 bits per heavy atom. The van der Waals surface area contributed by atoms with Crippen LogP contribution in [-0.2, 0) is 20.1 Å². The maximum atomic E-state index is 2.47. The molecule has 0 N–H and O–H groups in total. The predicted molar refractivity (Wildman–Crippen MR) is 66.7 cm³/mol. The van der Waals surface area contributed by atoms with Gasteiger partial charge in [0.1, 0.15) is 0 Å². The summed E-state index contributed by atoms with van der Waals surface area (Å²) in [5.41, 5.74) is 1.88. The minimum Gasteiger partial charge on any atom is -0.0882 e. The van der Waals surface area contributed by atoms with Crippen LogP contribution in [0, 0.1) is 5.41 Å². The maximum absolute atomic E-state index is 2.47. The van der Waals surface area contributed by atoms with Gasteiger partial charge in [-0.3, -0.25) is 0 Å². The van der Waals surface area contributed by atoms with E-state index in [0.717, 1.165) is 0 Å². The smallest absolute Gasteiger partial charge is 0.0274 e. The normalized spacial score (nSPS) is 22.2. The summed E-state index contributed by atoms with van der Waals surface area (Å²) in [6.07, 6.45) is 22.2. The minimum atomic E-state index is 0. The van der Waals surface area contributed by atoms with E-state index in [4.69, 9.17) is 0 Å². The van der Waals surface area contributed by atoms with Crippen molar-refractivity contribution in [2.45, 2.75) is 39.0 Å². The van der Waals surface area contributed by atoms with Crippen LogP contribution in [0.1, 0.15) is 39.0 Å². The molecule has 2 rings (SSSR count). The van der Waals surface area contributed by atoms with Gasteiger partial charge in [-0.1, -0.05) is 55.0 Å². The van der Waals surface area contributed by atoms with Gasteiger partial charge in [-0.2, -0.15) is 0 Å². The Kier molecular flexibility index (Phi) is 5.44. The fraction of sp³-hybridized carbons (Fsp3) is 0.467. The van der Waals surface area contributed by atoms with E-state index in [1.165, 1.54) is 32.1 Å². The molecule has 0 unspecified atom stereocenters. The van der Waals surface area contributed by atoms with Gasteiger partial charge in [0, 0.05) is 25.5 Å². The van der Waals surface area contributed by atoms with Crippen molar-refractivity contribution in [1.82, 2.24) is 0 Å². The van der Waals surface area contributed by atoms with E-state index in [0.29, 0.717) is 0 Å². The Morgan fingerprint density at radius 1 is 1.06 bits per heavy atom. The molecule has 0 fully saturated rings. The zero-order chi connectivity index (χ0) is 10.6. The summed E-state index contributed by atoms with van der Waals surface area (Å²) in [6.45, 7) is 2.29. The minimum absolute atomic E-state index is 0. The topological polar surface area (TPSA) is 0 Å². The molecule has 1 radical (unpaired) electrons. The largest absolute Gasteiger partial charge is 0.0882 e. The van der Waals surface area contributed by atoms with Crippen molar-refractivity contribution in [1.29, 1.82) is 0 Å². The van der Waals surface area contributed by atoms with Gasteiger partial charge >= 0.3 is 0 Å². The second kappa shape index (κ2) is 6.37. The van der Waals surface area contributed by atoms with Gasteiger partial charge in [-0.15, -0.1) is 0 Å². The summed E-state index contributed by atoms with van der Waals surface area (Å²) >= 11 is 0. The van der Waals surface area contributed by atoms with E-state index in [1.807, 2.05) is 0 Å². The molecule has 0 heterocycles. The van der Waals surface area contributed by atoms with E-state index >= 15 is 0 Å². The van der Waals surface area contributed by atoms with Crippen LogP contribution in [0.4, 0.5) is 0 Å². The molecular formula is C15H20Ir. The molecule has 0 saturated heterocycles. The number of hydrogen-bond acceptors (Lipinski definition) is 0. The number of rotatable bonds is 2. The third-order valence-corrected chi connectivity index (χ3v) is 3.55. The Hall–Kier alpha value is -0.391. The first kappa shape index (κ1) is 13.7. The van der Waals surface area contributed by atoms with Crippen LogP contribution in [0.25, 0.3) is 0 Å². The first-order valence-electron chi connectivity index (χ1n) is 6.09. The maximum Gasteiger partial charge on any atom is 0.0274 e. The van der Waals surface area contributed by atoms with Crippen molar-refractivity contribution in [2.75, 3.05) is 0 Å². The third kappa shape index (κ3) is 2.84. The molecule has 1 heteroatoms. The van der Waals surface area contributed by atoms with Crippen LogP contribution < -0.4 is 0 Å². The monoisotopic (exact) mass is 393 g/mol. The van der Waals surface area contributed by atoms with Crippen LogP contribution in [0.5, 0.6) is 0 Å². The molecule has 0 saturated carbocycles. The van der Waals surface area contributed by atoms with Crippen molar-refractivity contribution in [3.63, 3.8) is 0 Å². The van der Waals surface area contributed by atoms with E-state index < -0.39 is 0 Å². The third-order valence-electron chi connectivity index (χ3n) is 3.55. The van der Waals surface area contributed by atoms with Gasteiger partial charge in [0.15, 0.2) is 0 Å². The first-order valence-corrected chi connectivity index (χ1v) is 6.09. The van der Waals surface area contributed by atoms with E-state index in [2.05, 4.69) is 49.5 Å². The fourth-order valence-electron chi connectivity index (χ4n) is 2.54. The second-order valence-corrected chi connectivity index (χ2v) is 4.43. The van der Waals surface area contributed by atoms with Gasteiger partial charge < -0.3 is 0 Å². The average Bonchev–Trinajstić information content (AvgIpc) is 2.67. The van der Waals surface area contributed by atoms with Crippen LogP contribution in [0.2, 0.25) is 0 Å². The Bertz CT molecular complexity index is 319. The second-order valence-electron chi connectivity index (χ2n) is 4.43. The van der Waals surface area contributed by atoms with Crippen molar-refractivity contribution in [3.05, 3.63) is 48.1 Å². The molecule has 0 aromatic rings. The zero-order valence-corrected chi connectivity index (χ0v) is 12.3. The summed E-state index contributed by atoms with van der Waals surface area (Å²) < 4.78 is 0. The fourth-order valence-corrected chi connectivity index (χ4v) is 2.54. The quantitative estimate of drug-likeness (QED) is 0.604. The summed E-state index contributed by atoms with van der Waals surface area (Å²) in [5.74, 6) is 0. The summed E-state index contributed by atoms with van der Waals surface area (Å²) in [5, 5.41) is 0. The van der Waals surface area contributed by atoms with Gasteiger partial charge in [0.25, 0.3) is 0 Å². The molecule has 0 atom stereocenters. The Balaban J connectivity index is 0.00000128. The SMILES string of the molecule is CCC1(C2=CCCC=CCC2)C=CC=C1.[Ir]. The predicted octanol–water partition coefficient (Wildman–Crippen LogP) is 4.56. The van der Waals surface area contributed by atoms with Gasteiger partial charge in [0.05, 0.1) is 0 Å². The molecule has 89 valence electrons. The molecule has 2 aliphatic rings. The molecular weight excluding hydrogens is 372 g/mol. The van der Waals surface area contributed by atoms with Crippen molar-refractivity contribution in [2.24, 2.45) is 5.41 Å². The van der Waals surface area contributed by atoms with Crippen molar-refractivity contribution < 1.29 is 20.1 Å². The zero-order valence-electron chi connectivity index (χ0n) is 9.91. The molecule has 0 aliphatic heterocycles. The summed E-state index contributed by atoms with van der Waals surface area (Å²) in [6, 6.07) is 0. The summed E-state index contributed by atoms with van der Waals surface area (Å²) in [4.78, 5) is 0. The van der Waals surface area contributed by atoms with Crippen molar-refractivity contribution >= 4 is 0 Å². The van der Waals surface area contributed by atoms with Crippen molar-refractivity contribution in [3.8, 4) is 0 Å². The Labute approximate surface area is 113 Å². The van der Waals surface area contributed by atoms with Crippen LogP contribution in [0.3, 0.4) is 0 Å². The van der Waals surface area contributed by atoms with Gasteiger partial charge in [-0.05, 0) is 32.1 Å². The molecule has 0 bridgehead atoms. The van der Waals surface area contributed by atoms with Crippen LogP contribution in [0.15, 0.2) is 48.1 Å². The van der Waals surface area contributed by atoms with Crippen LogP contribution in [-0.4, -0.2) is 0 Å².